The van der Waals surface area contributed by atoms with Crippen molar-refractivity contribution in [3.05, 3.63) is 282 Å². The van der Waals surface area contributed by atoms with Crippen molar-refractivity contribution in [1.82, 2.24) is 0 Å². The highest BCUT2D eigenvalue weighted by molar-refractivity contribution is 5.07. The summed E-state index contributed by atoms with van der Waals surface area (Å²) in [6.45, 7) is -22.2. The van der Waals surface area contributed by atoms with Gasteiger partial charge in [-0.2, -0.15) is 37.8 Å². The van der Waals surface area contributed by atoms with Gasteiger partial charge in [0.25, 0.3) is 0 Å². The summed E-state index contributed by atoms with van der Waals surface area (Å²) in [7, 11) is 0. The SMILES string of the molecule is [2H]c1c(C([2H])([2H])[2H])c([2H])c([2H])[n+]([O-])c1[2H].[2H]c1c(C([2H])([2H])[2H])c([2H])c([2H])[n+]([O-])c1[2H].[2H]c1c(C([2H])([2H])[2H])c([2H])c([2H])[n+]([O-])c1[2H].[2H]c1c(C([2H])([2H])[2H])c([2H])c([2H])[n+]([O-])c1[2H].[2H]c1c(C([2H])([2H])[2H])c([2H])c([2H])[n+]([O-])c1[2H].[2H]c1c(C([2H])([2H])[2H])c([2H])c([2H])[n+]([O-])c1[2H].[2H]c1c(C([2H])([2H])[2H])c([2H])c([2H])[n+]([O-])c1[2H].[2H]c1c(C([2H])([2H])[2H])c([2H])c([2H])[n+]([O-])c1[2H]. The minimum Gasteiger partial charge on any atom is -0.619 e. The Kier molecular flexibility index (Phi) is 6.36. The van der Waals surface area contributed by atoms with E-state index in [4.69, 9.17) is 76.8 Å². The van der Waals surface area contributed by atoms with Gasteiger partial charge in [-0.25, -0.2) is 0 Å². The molecule has 0 unspecified atom stereocenters. The number of pyridine rings is 8. The van der Waals surface area contributed by atoms with Crippen molar-refractivity contribution >= 4 is 0 Å². The molecular weight excluding hydrogens is 817 g/mol. The molecule has 0 bridgehead atoms. The average molecular weight is 929 g/mol. The Balaban J connectivity index is 0.000000686. The second-order valence-electron chi connectivity index (χ2n) is 9.14. The topological polar surface area (TPSA) is 216 Å². The Labute approximate surface area is 453 Å². The summed E-state index contributed by atoms with van der Waals surface area (Å²) in [5, 5.41) is 88.1. The molecule has 0 aliphatic carbocycles. The average Bonchev–Trinajstić information content (AvgIpc) is 0.830. The summed E-state index contributed by atoms with van der Waals surface area (Å²) in [6, 6.07) is -13.2. The Bertz CT molecular complexity index is 4030. The molecule has 336 valence electrons. The fraction of sp³-hybridized carbons (Fsp3) is 0.167. The Morgan fingerprint density at radius 3 is 0.359 bits per heavy atom. The molecule has 0 saturated carbocycles. The minimum atomic E-state index is -2.77. The van der Waals surface area contributed by atoms with E-state index in [1.54, 1.807) is 0 Å². The number of aromatic nitrogens is 8. The van der Waals surface area contributed by atoms with Crippen molar-refractivity contribution in [2.24, 2.45) is 0 Å². The zero-order valence-corrected chi connectivity index (χ0v) is 30.8. The van der Waals surface area contributed by atoms with Crippen LogP contribution < -0.4 is 37.8 Å². The van der Waals surface area contributed by atoms with E-state index in [1.165, 1.54) is 0 Å². The van der Waals surface area contributed by atoms with Crippen molar-refractivity contribution < 1.29 is 115 Å². The van der Waals surface area contributed by atoms with Crippen LogP contribution in [-0.4, -0.2) is 0 Å². The molecule has 0 aliphatic rings. The normalized spacial score (nSPS) is 23.2. The van der Waals surface area contributed by atoms with Gasteiger partial charge in [0.1, 0.15) is 21.9 Å². The van der Waals surface area contributed by atoms with Crippen LogP contribution in [-0.2, 0) is 0 Å². The molecule has 0 amide bonds. The molecule has 16 heteroatoms. The molecule has 0 N–H and O–H groups in total. The second kappa shape index (κ2) is 30.6. The van der Waals surface area contributed by atoms with Gasteiger partial charge in [-0.1, -0.05) is 0 Å². The summed E-state index contributed by atoms with van der Waals surface area (Å²) in [4.78, 5) is 0. The van der Waals surface area contributed by atoms with E-state index in [-0.39, 0.29) is 37.8 Å². The van der Waals surface area contributed by atoms with Crippen molar-refractivity contribution in [3.8, 4) is 0 Å². The number of hydrogen-bond acceptors (Lipinski definition) is 8. The smallest absolute Gasteiger partial charge is 0.180 e. The van der Waals surface area contributed by atoms with Crippen molar-refractivity contribution in [2.75, 3.05) is 0 Å². The largest absolute Gasteiger partial charge is 0.619 e. The lowest BCUT2D eigenvalue weighted by molar-refractivity contribution is -0.605. The summed E-state index contributed by atoms with van der Waals surface area (Å²) in [6.07, 6.45) is -14.9. The van der Waals surface area contributed by atoms with Crippen molar-refractivity contribution in [3.63, 3.8) is 0 Å². The van der Waals surface area contributed by atoms with Gasteiger partial charge in [-0.05, 0) is 99.3 Å². The van der Waals surface area contributed by atoms with Gasteiger partial charge in [-0.15, -0.1) is 0 Å². The lowest BCUT2D eigenvalue weighted by Gasteiger charge is -1.92. The highest BCUT2D eigenvalue weighted by Crippen LogP contribution is 1.92. The lowest BCUT2D eigenvalue weighted by atomic mass is 10.3. The molecular formula is C48H56N8O8. The van der Waals surface area contributed by atoms with E-state index in [1.807, 2.05) is 0 Å². The highest BCUT2D eigenvalue weighted by Gasteiger charge is 1.88. The van der Waals surface area contributed by atoms with Crippen molar-refractivity contribution in [1.29, 1.82) is 0 Å². The zero-order chi connectivity index (χ0) is 95.7. The first-order valence-electron chi connectivity index (χ1n) is 43.0. The molecule has 0 fully saturated rings. The molecule has 0 aromatic carbocycles. The van der Waals surface area contributed by atoms with Crippen LogP contribution in [0.3, 0.4) is 0 Å². The van der Waals surface area contributed by atoms with Gasteiger partial charge in [0.05, 0.1) is 21.9 Å². The Morgan fingerprint density at radius 1 is 0.219 bits per heavy atom. The Hall–Kier alpha value is -8.40. The van der Waals surface area contributed by atoms with E-state index in [0.717, 1.165) is 0 Å². The van der Waals surface area contributed by atoms with E-state index in [9.17, 15) is 41.7 Å². The lowest BCUT2D eigenvalue weighted by Crippen LogP contribution is -2.23. The van der Waals surface area contributed by atoms with Gasteiger partial charge < -0.3 is 41.7 Å². The Morgan fingerprint density at radius 2 is 0.297 bits per heavy atom. The van der Waals surface area contributed by atoms with Gasteiger partial charge in [0.2, 0.25) is 0 Å². The van der Waals surface area contributed by atoms with Crippen LogP contribution in [0.25, 0.3) is 0 Å². The summed E-state index contributed by atoms with van der Waals surface area (Å²) < 4.78 is 397. The summed E-state index contributed by atoms with van der Waals surface area (Å²) in [5.74, 6) is 0. The van der Waals surface area contributed by atoms with Crippen LogP contribution in [0.15, 0.2) is 195 Å². The quantitative estimate of drug-likeness (QED) is 0.148. The second-order valence-corrected chi connectivity index (χ2v) is 9.14. The summed E-state index contributed by atoms with van der Waals surface area (Å²) in [5.41, 5.74) is -5.85. The molecule has 8 heterocycles. The van der Waals surface area contributed by atoms with Gasteiger partial charge in [0, 0.05) is 130 Å². The summed E-state index contributed by atoms with van der Waals surface area (Å²) >= 11 is 0. The third-order valence-corrected chi connectivity index (χ3v) is 4.52. The monoisotopic (exact) mass is 929 g/mol. The standard InChI is InChI=1S/8C6H7NO/c8*1-6-2-4-7(8)5-3-6/h8*2-5H,1H3/i8*1D3,2D,3D,4D,5D. The fourth-order valence-electron chi connectivity index (χ4n) is 2.18. The van der Waals surface area contributed by atoms with E-state index < -0.39 is 295 Å². The zero-order valence-electron chi connectivity index (χ0n) is 86.8. The van der Waals surface area contributed by atoms with Gasteiger partial charge >= 0.3 is 0 Å². The number of rotatable bonds is 0. The first-order valence-corrected chi connectivity index (χ1v) is 15.0. The van der Waals surface area contributed by atoms with E-state index in [0.29, 0.717) is 0 Å². The molecule has 16 nitrogen and oxygen atoms in total. The molecule has 8 aromatic heterocycles. The van der Waals surface area contributed by atoms with Crippen LogP contribution in [0, 0.1) is 96.5 Å². The predicted octanol–water partition coefficient (Wildman–Crippen LogP) is 5.03. The maximum atomic E-state index is 11.0. The molecule has 0 atom stereocenters. The number of nitrogens with zero attached hydrogens (tertiary/aromatic N) is 8. The maximum absolute atomic E-state index is 11.0. The van der Waals surface area contributed by atoms with Crippen LogP contribution in [0.5, 0.6) is 0 Å². The first-order chi connectivity index (χ1) is 53.4. The maximum Gasteiger partial charge on any atom is 0.180 e. The number of hydrogen-bond donors (Lipinski definition) is 0. The van der Waals surface area contributed by atoms with E-state index in [2.05, 4.69) is 0 Å². The molecule has 8 aromatic rings. The third kappa shape index (κ3) is 28.9. The van der Waals surface area contributed by atoms with Gasteiger partial charge in [-0.3, -0.25) is 0 Å². The minimum absolute atomic E-state index is 0.250. The highest BCUT2D eigenvalue weighted by atomic mass is 16.5. The van der Waals surface area contributed by atoms with E-state index >= 15 is 0 Å². The van der Waals surface area contributed by atoms with Crippen LogP contribution in [0.4, 0.5) is 0 Å². The molecule has 64 heavy (non-hydrogen) atoms. The van der Waals surface area contributed by atoms with Crippen LogP contribution in [0.2, 0.25) is 0 Å². The molecule has 0 radical (unpaired) electrons. The first kappa shape index (κ1) is 13.3. The molecule has 0 saturated heterocycles. The van der Waals surface area contributed by atoms with Crippen LogP contribution >= 0.6 is 0 Å². The van der Waals surface area contributed by atoms with Crippen LogP contribution in [0.1, 0.15) is 121 Å². The van der Waals surface area contributed by atoms with Gasteiger partial charge in [0.15, 0.2) is 98.8 Å². The fourth-order valence-corrected chi connectivity index (χ4v) is 2.18. The van der Waals surface area contributed by atoms with Crippen molar-refractivity contribution in [2.45, 2.75) is 54.8 Å². The molecule has 0 spiro atoms. The third-order valence-electron chi connectivity index (χ3n) is 4.52. The molecule has 8 rings (SSSR count). The molecule has 0 aliphatic heterocycles. The predicted molar refractivity (Wildman–Crippen MR) is 241 cm³/mol.